The highest BCUT2D eigenvalue weighted by molar-refractivity contribution is 7.93. The molecule has 0 radical (unpaired) electrons. The van der Waals surface area contributed by atoms with E-state index in [2.05, 4.69) is 9.71 Å². The zero-order chi connectivity index (χ0) is 26.2. The second-order valence-corrected chi connectivity index (χ2v) is 10.1. The fourth-order valence-corrected chi connectivity index (χ4v) is 5.37. The van der Waals surface area contributed by atoms with E-state index in [4.69, 9.17) is 15.9 Å². The van der Waals surface area contributed by atoms with Gasteiger partial charge in [-0.25, -0.2) is 8.42 Å². The number of hydrogen-bond donors (Lipinski definition) is 3. The van der Waals surface area contributed by atoms with Crippen molar-refractivity contribution in [1.82, 2.24) is 9.55 Å². The molecule has 0 aliphatic rings. The lowest BCUT2D eigenvalue weighted by Gasteiger charge is -2.11. The molecule has 2 aromatic heterocycles. The number of nitrogen functional groups attached to an aromatic ring is 1. The van der Waals surface area contributed by atoms with Crippen LogP contribution >= 0.6 is 0 Å². The Labute approximate surface area is 213 Å². The SMILES string of the molecule is Cn1cc(C(=O)COc2ccc(C(=N)N)cc2)c2cc(NS(=O)(=O)c3cccc4cccnc34)ccc21. The van der Waals surface area contributed by atoms with Gasteiger partial charge in [-0.1, -0.05) is 18.2 Å². The number of nitrogens with zero attached hydrogens (tertiary/aromatic N) is 2. The Kier molecular flexibility index (Phi) is 6.10. The van der Waals surface area contributed by atoms with E-state index < -0.39 is 10.0 Å². The van der Waals surface area contributed by atoms with Crippen LogP contribution < -0.4 is 15.2 Å². The molecule has 0 atom stereocenters. The van der Waals surface area contributed by atoms with Crippen LogP contribution in [0.15, 0.2) is 90.1 Å². The molecule has 0 fully saturated rings. The molecule has 186 valence electrons. The number of ether oxygens (including phenoxy) is 1. The largest absolute Gasteiger partial charge is 0.485 e. The number of amidine groups is 1. The average Bonchev–Trinajstić information content (AvgIpc) is 3.22. The normalized spacial score (nSPS) is 11.5. The van der Waals surface area contributed by atoms with Gasteiger partial charge in [-0.15, -0.1) is 0 Å². The Bertz CT molecular complexity index is 1770. The van der Waals surface area contributed by atoms with E-state index in [0.717, 1.165) is 5.52 Å². The van der Waals surface area contributed by atoms with E-state index in [1.807, 2.05) is 7.05 Å². The molecule has 5 aromatic rings. The Hall–Kier alpha value is -4.70. The molecule has 10 heteroatoms. The predicted octanol–water partition coefficient (Wildman–Crippen LogP) is 4.07. The Balaban J connectivity index is 1.41. The quantitative estimate of drug-likeness (QED) is 0.162. The number of benzene rings is 3. The number of carbonyl (C=O) groups excluding carboxylic acids is 1. The number of nitrogens with one attached hydrogen (secondary N) is 2. The van der Waals surface area contributed by atoms with Crippen LogP contribution in [0.4, 0.5) is 5.69 Å². The minimum atomic E-state index is -3.94. The highest BCUT2D eigenvalue weighted by Gasteiger charge is 2.20. The van der Waals surface area contributed by atoms with Gasteiger partial charge in [0.2, 0.25) is 5.78 Å². The number of para-hydroxylation sites is 1. The summed E-state index contributed by atoms with van der Waals surface area (Å²) < 4.78 is 36.5. The number of anilines is 1. The zero-order valence-corrected chi connectivity index (χ0v) is 20.6. The first-order valence-electron chi connectivity index (χ1n) is 11.3. The third-order valence-electron chi connectivity index (χ3n) is 5.96. The van der Waals surface area contributed by atoms with Crippen LogP contribution in [0.5, 0.6) is 5.75 Å². The number of rotatable bonds is 8. The van der Waals surface area contributed by atoms with E-state index in [0.29, 0.717) is 38.9 Å². The van der Waals surface area contributed by atoms with Crippen LogP contribution in [0.2, 0.25) is 0 Å². The van der Waals surface area contributed by atoms with E-state index in [1.165, 1.54) is 6.07 Å². The highest BCUT2D eigenvalue weighted by Crippen LogP contribution is 2.28. The van der Waals surface area contributed by atoms with Crippen molar-refractivity contribution in [2.75, 3.05) is 11.3 Å². The predicted molar refractivity (Wildman–Crippen MR) is 143 cm³/mol. The number of ketones is 1. The topological polar surface area (TPSA) is 140 Å². The van der Waals surface area contributed by atoms with Crippen LogP contribution in [0.3, 0.4) is 0 Å². The molecule has 0 amide bonds. The summed E-state index contributed by atoms with van der Waals surface area (Å²) >= 11 is 0. The number of pyridine rings is 1. The average molecular weight is 514 g/mol. The van der Waals surface area contributed by atoms with Crippen molar-refractivity contribution >= 4 is 49.1 Å². The maximum absolute atomic E-state index is 13.2. The maximum atomic E-state index is 13.2. The van der Waals surface area contributed by atoms with Crippen molar-refractivity contribution in [2.24, 2.45) is 12.8 Å². The van der Waals surface area contributed by atoms with E-state index in [-0.39, 0.29) is 23.1 Å². The standard InChI is InChI=1S/C27H23N5O4S/c1-32-15-22(24(33)16-36-20-10-7-18(8-11-20)27(28)29)21-14-19(9-12-23(21)32)31-37(34,35)25-6-2-4-17-5-3-13-30-26(17)25/h2-15,31H,16H2,1H3,(H3,28,29). The third-order valence-corrected chi connectivity index (χ3v) is 7.38. The van der Waals surface area contributed by atoms with Crippen LogP contribution in [0.25, 0.3) is 21.8 Å². The van der Waals surface area contributed by atoms with E-state index in [1.54, 1.807) is 83.7 Å². The number of sulfonamides is 1. The van der Waals surface area contributed by atoms with Crippen molar-refractivity contribution in [2.45, 2.75) is 4.90 Å². The number of aryl methyl sites for hydroxylation is 1. The third kappa shape index (κ3) is 4.74. The lowest BCUT2D eigenvalue weighted by molar-refractivity contribution is 0.0923. The number of fused-ring (bicyclic) bond motifs is 2. The van der Waals surface area contributed by atoms with Gasteiger partial charge >= 0.3 is 0 Å². The molecular weight excluding hydrogens is 490 g/mol. The first-order chi connectivity index (χ1) is 17.7. The van der Waals surface area contributed by atoms with E-state index >= 15 is 0 Å². The highest BCUT2D eigenvalue weighted by atomic mass is 32.2. The minimum Gasteiger partial charge on any atom is -0.485 e. The molecule has 0 saturated carbocycles. The summed E-state index contributed by atoms with van der Waals surface area (Å²) in [5.74, 6) is 0.150. The minimum absolute atomic E-state index is 0.0541. The van der Waals surface area contributed by atoms with Crippen molar-refractivity contribution in [1.29, 1.82) is 5.41 Å². The number of aromatic nitrogens is 2. The summed E-state index contributed by atoms with van der Waals surface area (Å²) in [5.41, 5.74) is 7.90. The fourth-order valence-electron chi connectivity index (χ4n) is 4.14. The molecule has 3 aromatic carbocycles. The van der Waals surface area contributed by atoms with Gasteiger partial charge < -0.3 is 15.0 Å². The van der Waals surface area contributed by atoms with Gasteiger partial charge in [0.05, 0.1) is 5.52 Å². The second kappa shape index (κ2) is 9.40. The fraction of sp³-hybridized carbons (Fsp3) is 0.0741. The van der Waals surface area contributed by atoms with Gasteiger partial charge in [0.15, 0.2) is 6.61 Å². The van der Waals surface area contributed by atoms with Crippen LogP contribution in [-0.4, -0.2) is 36.2 Å². The summed E-state index contributed by atoms with van der Waals surface area (Å²) in [4.78, 5) is 17.4. The van der Waals surface area contributed by atoms with Crippen molar-refractivity contribution in [3.8, 4) is 5.75 Å². The van der Waals surface area contributed by atoms with Gasteiger partial charge in [-0.05, 0) is 54.6 Å². The van der Waals surface area contributed by atoms with Gasteiger partial charge in [0.1, 0.15) is 16.5 Å². The molecular formula is C27H23N5O4S. The maximum Gasteiger partial charge on any atom is 0.264 e. The van der Waals surface area contributed by atoms with E-state index in [9.17, 15) is 13.2 Å². The molecule has 5 rings (SSSR count). The molecule has 9 nitrogen and oxygen atoms in total. The van der Waals surface area contributed by atoms with Gasteiger partial charge in [-0.3, -0.25) is 19.9 Å². The van der Waals surface area contributed by atoms with Gasteiger partial charge in [-0.2, -0.15) is 0 Å². The lowest BCUT2D eigenvalue weighted by Crippen LogP contribution is -2.14. The summed E-state index contributed by atoms with van der Waals surface area (Å²) in [6.07, 6.45) is 3.25. The van der Waals surface area contributed by atoms with Crippen molar-refractivity contribution in [3.05, 3.63) is 96.3 Å². The second-order valence-electron chi connectivity index (χ2n) is 8.47. The van der Waals surface area contributed by atoms with Crippen LogP contribution in [-0.2, 0) is 17.1 Å². The molecule has 37 heavy (non-hydrogen) atoms. The summed E-state index contributed by atoms with van der Waals surface area (Å²) in [7, 11) is -2.13. The molecule has 0 aliphatic carbocycles. The lowest BCUT2D eigenvalue weighted by atomic mass is 10.1. The van der Waals surface area contributed by atoms with Gasteiger partial charge in [0.25, 0.3) is 10.0 Å². The molecule has 0 bridgehead atoms. The monoisotopic (exact) mass is 513 g/mol. The Morgan fingerprint density at radius 2 is 1.84 bits per heavy atom. The van der Waals surface area contributed by atoms with Crippen molar-refractivity contribution < 1.29 is 17.9 Å². The van der Waals surface area contributed by atoms with Gasteiger partial charge in [0, 0.05) is 52.5 Å². The molecule has 0 unspecified atom stereocenters. The number of nitrogens with two attached hydrogens (primary N) is 1. The molecule has 2 heterocycles. The van der Waals surface area contributed by atoms with Crippen LogP contribution in [0, 0.1) is 5.41 Å². The Morgan fingerprint density at radius 3 is 2.59 bits per heavy atom. The van der Waals surface area contributed by atoms with Crippen LogP contribution in [0.1, 0.15) is 15.9 Å². The number of Topliss-reactive ketones (excluding diaryl/α,β-unsaturated/α-hetero) is 1. The number of carbonyl (C=O) groups is 1. The summed E-state index contributed by atoms with van der Waals surface area (Å²) in [6, 6.07) is 20.1. The Morgan fingerprint density at radius 1 is 1.08 bits per heavy atom. The molecule has 0 saturated heterocycles. The number of hydrogen-bond acceptors (Lipinski definition) is 6. The summed E-state index contributed by atoms with van der Waals surface area (Å²) in [6.45, 7) is -0.212. The van der Waals surface area contributed by atoms with Crippen molar-refractivity contribution in [3.63, 3.8) is 0 Å². The molecule has 4 N–H and O–H groups in total. The molecule has 0 aliphatic heterocycles. The first-order valence-corrected chi connectivity index (χ1v) is 12.8. The zero-order valence-electron chi connectivity index (χ0n) is 19.8. The molecule has 0 spiro atoms. The first kappa shape index (κ1) is 24.0. The smallest absolute Gasteiger partial charge is 0.264 e. The summed E-state index contributed by atoms with van der Waals surface area (Å²) in [5, 5.41) is 8.77.